The Morgan fingerprint density at radius 1 is 1.00 bits per heavy atom. The van der Waals surface area contributed by atoms with Crippen molar-refractivity contribution in [3.8, 4) is 0 Å². The SMILES string of the molecule is CCC(CC)C(=O)NC(=O)NC(=O)NC(C)C(=O)O. The number of rotatable bonds is 5. The third kappa shape index (κ3) is 6.39. The van der Waals surface area contributed by atoms with Crippen molar-refractivity contribution in [3.05, 3.63) is 0 Å². The predicted molar refractivity (Wildman–Crippen MR) is 66.4 cm³/mol. The fourth-order valence-corrected chi connectivity index (χ4v) is 1.30. The molecule has 0 bridgehead atoms. The number of carboxylic acids is 1. The minimum Gasteiger partial charge on any atom is -0.480 e. The van der Waals surface area contributed by atoms with Crippen molar-refractivity contribution >= 4 is 23.9 Å². The highest BCUT2D eigenvalue weighted by Crippen LogP contribution is 2.06. The van der Waals surface area contributed by atoms with Gasteiger partial charge in [0.1, 0.15) is 6.04 Å². The molecule has 0 fully saturated rings. The van der Waals surface area contributed by atoms with Crippen LogP contribution in [0.3, 0.4) is 0 Å². The van der Waals surface area contributed by atoms with E-state index in [0.717, 1.165) is 0 Å². The van der Waals surface area contributed by atoms with E-state index in [1.807, 2.05) is 29.8 Å². The van der Waals surface area contributed by atoms with Crippen LogP contribution >= 0.6 is 0 Å². The average molecular weight is 273 g/mol. The summed E-state index contributed by atoms with van der Waals surface area (Å²) in [6.45, 7) is 4.87. The van der Waals surface area contributed by atoms with Gasteiger partial charge in [0.2, 0.25) is 5.91 Å². The second-order valence-corrected chi connectivity index (χ2v) is 3.99. The van der Waals surface area contributed by atoms with Crippen molar-refractivity contribution in [2.24, 2.45) is 5.92 Å². The first kappa shape index (κ1) is 16.9. The van der Waals surface area contributed by atoms with Crippen LogP contribution in [0.1, 0.15) is 33.6 Å². The standard InChI is InChI=1S/C11H19N3O5/c1-4-7(5-2)8(15)13-11(19)14-10(18)12-6(3)9(16)17/h6-7H,4-5H2,1-3H3,(H,16,17)(H3,12,13,14,15,18,19). The Hall–Kier alpha value is -2.12. The van der Waals surface area contributed by atoms with E-state index >= 15 is 0 Å². The lowest BCUT2D eigenvalue weighted by atomic mass is 10.0. The van der Waals surface area contributed by atoms with Crippen LogP contribution in [0.25, 0.3) is 0 Å². The van der Waals surface area contributed by atoms with E-state index in [1.54, 1.807) is 0 Å². The van der Waals surface area contributed by atoms with E-state index in [-0.39, 0.29) is 5.92 Å². The number of aliphatic carboxylic acids is 1. The Bertz CT molecular complexity index is 365. The summed E-state index contributed by atoms with van der Waals surface area (Å²) in [6, 6.07) is -3.10. The molecule has 0 aliphatic carbocycles. The minimum atomic E-state index is -1.23. The number of imide groups is 2. The van der Waals surface area contributed by atoms with E-state index < -0.39 is 30.0 Å². The van der Waals surface area contributed by atoms with Crippen LogP contribution in [0.5, 0.6) is 0 Å². The van der Waals surface area contributed by atoms with Crippen molar-refractivity contribution < 1.29 is 24.3 Å². The molecule has 0 saturated heterocycles. The molecule has 0 aromatic rings. The van der Waals surface area contributed by atoms with E-state index in [1.165, 1.54) is 6.92 Å². The maximum atomic E-state index is 11.5. The Balaban J connectivity index is 4.21. The number of hydrogen-bond donors (Lipinski definition) is 4. The van der Waals surface area contributed by atoms with Gasteiger partial charge in [-0.1, -0.05) is 13.8 Å². The number of carboxylic acid groups (broad SMARTS) is 1. The van der Waals surface area contributed by atoms with Gasteiger partial charge in [-0.3, -0.25) is 20.2 Å². The molecule has 0 aromatic carbocycles. The molecule has 8 nitrogen and oxygen atoms in total. The molecule has 0 heterocycles. The number of nitrogens with one attached hydrogen (secondary N) is 3. The fraction of sp³-hybridized carbons (Fsp3) is 0.636. The Kier molecular flexibility index (Phi) is 7.16. The molecule has 0 aliphatic rings. The number of urea groups is 2. The molecule has 0 rings (SSSR count). The zero-order valence-corrected chi connectivity index (χ0v) is 11.1. The Morgan fingerprint density at radius 2 is 1.53 bits per heavy atom. The Morgan fingerprint density at radius 3 is 1.95 bits per heavy atom. The monoisotopic (exact) mass is 273 g/mol. The van der Waals surface area contributed by atoms with Crippen molar-refractivity contribution in [1.82, 2.24) is 16.0 Å². The number of carbonyl (C=O) groups excluding carboxylic acids is 3. The largest absolute Gasteiger partial charge is 0.480 e. The number of carbonyl (C=O) groups is 4. The van der Waals surface area contributed by atoms with Gasteiger partial charge in [-0.2, -0.15) is 0 Å². The molecule has 8 heteroatoms. The van der Waals surface area contributed by atoms with E-state index in [0.29, 0.717) is 12.8 Å². The molecule has 19 heavy (non-hydrogen) atoms. The molecule has 1 atom stereocenters. The highest BCUT2D eigenvalue weighted by Gasteiger charge is 2.19. The first-order valence-corrected chi connectivity index (χ1v) is 5.96. The van der Waals surface area contributed by atoms with Gasteiger partial charge in [-0.25, -0.2) is 9.59 Å². The number of amides is 5. The first-order chi connectivity index (χ1) is 8.81. The van der Waals surface area contributed by atoms with Crippen LogP contribution in [0.2, 0.25) is 0 Å². The maximum absolute atomic E-state index is 11.5. The normalized spacial score (nSPS) is 11.6. The fourth-order valence-electron chi connectivity index (χ4n) is 1.30. The molecular formula is C11H19N3O5. The van der Waals surface area contributed by atoms with Gasteiger partial charge in [0.05, 0.1) is 0 Å². The summed E-state index contributed by atoms with van der Waals surface area (Å²) in [5, 5.41) is 14.4. The zero-order chi connectivity index (χ0) is 15.0. The lowest BCUT2D eigenvalue weighted by molar-refractivity contribution is -0.138. The summed E-state index contributed by atoms with van der Waals surface area (Å²) >= 11 is 0. The van der Waals surface area contributed by atoms with Gasteiger partial charge in [-0.05, 0) is 19.8 Å². The van der Waals surface area contributed by atoms with E-state index in [4.69, 9.17) is 5.11 Å². The summed E-state index contributed by atoms with van der Waals surface area (Å²) in [4.78, 5) is 44.5. The van der Waals surface area contributed by atoms with Crippen molar-refractivity contribution in [1.29, 1.82) is 0 Å². The molecular weight excluding hydrogens is 254 g/mol. The minimum absolute atomic E-state index is 0.299. The second-order valence-electron chi connectivity index (χ2n) is 3.99. The van der Waals surface area contributed by atoms with Crippen LogP contribution in [-0.4, -0.2) is 35.1 Å². The molecule has 4 N–H and O–H groups in total. The summed E-state index contributed by atoms with van der Waals surface area (Å²) in [6.07, 6.45) is 1.16. The third-order valence-corrected chi connectivity index (χ3v) is 2.54. The summed E-state index contributed by atoms with van der Waals surface area (Å²) < 4.78 is 0. The van der Waals surface area contributed by atoms with Gasteiger partial charge in [0, 0.05) is 5.92 Å². The van der Waals surface area contributed by atoms with Crippen LogP contribution in [0.4, 0.5) is 9.59 Å². The highest BCUT2D eigenvalue weighted by molar-refractivity contribution is 6.02. The molecule has 0 aromatic heterocycles. The molecule has 108 valence electrons. The topological polar surface area (TPSA) is 125 Å². The van der Waals surface area contributed by atoms with E-state index in [2.05, 4.69) is 0 Å². The van der Waals surface area contributed by atoms with Gasteiger partial charge in [-0.15, -0.1) is 0 Å². The van der Waals surface area contributed by atoms with Crippen LogP contribution in [0, 0.1) is 5.92 Å². The summed E-state index contributed by atoms with van der Waals surface area (Å²) in [5.41, 5.74) is 0. The molecule has 5 amide bonds. The molecule has 0 radical (unpaired) electrons. The quantitative estimate of drug-likeness (QED) is 0.578. The smallest absolute Gasteiger partial charge is 0.329 e. The zero-order valence-electron chi connectivity index (χ0n) is 11.1. The first-order valence-electron chi connectivity index (χ1n) is 5.96. The van der Waals surface area contributed by atoms with Crippen molar-refractivity contribution in [2.75, 3.05) is 0 Å². The van der Waals surface area contributed by atoms with Crippen molar-refractivity contribution in [3.63, 3.8) is 0 Å². The number of hydrogen-bond acceptors (Lipinski definition) is 4. The van der Waals surface area contributed by atoms with Gasteiger partial charge in [0.25, 0.3) is 0 Å². The highest BCUT2D eigenvalue weighted by atomic mass is 16.4. The Labute approximate surface area is 110 Å². The lowest BCUT2D eigenvalue weighted by Gasteiger charge is -2.13. The van der Waals surface area contributed by atoms with Crippen LogP contribution in [-0.2, 0) is 9.59 Å². The predicted octanol–water partition coefficient (Wildman–Crippen LogP) is 0.431. The summed E-state index contributed by atoms with van der Waals surface area (Å²) in [7, 11) is 0. The lowest BCUT2D eigenvalue weighted by Crippen LogP contribution is -2.51. The summed E-state index contributed by atoms with van der Waals surface area (Å²) in [5.74, 6) is -2.00. The van der Waals surface area contributed by atoms with Crippen LogP contribution in [0.15, 0.2) is 0 Å². The maximum Gasteiger partial charge on any atom is 0.329 e. The second kappa shape index (κ2) is 8.06. The molecule has 0 aliphatic heterocycles. The molecule has 1 unspecified atom stereocenters. The average Bonchev–Trinajstić information content (AvgIpc) is 2.29. The molecule has 0 saturated carbocycles. The third-order valence-electron chi connectivity index (χ3n) is 2.54. The van der Waals surface area contributed by atoms with Gasteiger partial charge in [0.15, 0.2) is 0 Å². The van der Waals surface area contributed by atoms with Crippen LogP contribution < -0.4 is 16.0 Å². The van der Waals surface area contributed by atoms with Crippen molar-refractivity contribution in [2.45, 2.75) is 39.7 Å². The van der Waals surface area contributed by atoms with Gasteiger partial charge >= 0.3 is 18.0 Å². The van der Waals surface area contributed by atoms with E-state index in [9.17, 15) is 19.2 Å². The molecule has 0 spiro atoms. The van der Waals surface area contributed by atoms with Gasteiger partial charge < -0.3 is 10.4 Å².